The van der Waals surface area contributed by atoms with Crippen LogP contribution in [0.15, 0.2) is 94.9 Å². The standard InChI is InChI=1S/C39H38N2O2/c1-23-13-24(2)16-27(15-23)21-39(22-28-17-25(3)14-26(4)18-28,37-40-35-31-11-7-5-9-29(31)19-33(35)42-37)38-41-36-32-12-8-6-10-30(32)20-34(36)43-38/h5-18,33-36H,19-22H2,1-4H3/t33-,34-,35+,36+/m1/s1. The number of hydrogen-bond donors (Lipinski definition) is 0. The van der Waals surface area contributed by atoms with Crippen molar-refractivity contribution in [3.8, 4) is 0 Å². The van der Waals surface area contributed by atoms with Gasteiger partial charge in [-0.1, -0.05) is 107 Å². The Morgan fingerprint density at radius 1 is 0.581 bits per heavy atom. The lowest BCUT2D eigenvalue weighted by Crippen LogP contribution is -2.45. The fourth-order valence-corrected chi connectivity index (χ4v) is 8.16. The summed E-state index contributed by atoms with van der Waals surface area (Å²) in [4.78, 5) is 10.9. The van der Waals surface area contributed by atoms with Gasteiger partial charge in [-0.05, 0) is 73.9 Å². The van der Waals surface area contributed by atoms with Gasteiger partial charge in [0.05, 0.1) is 0 Å². The number of ether oxygens (including phenoxy) is 2. The average Bonchev–Trinajstić information content (AvgIpc) is 3.71. The van der Waals surface area contributed by atoms with E-state index < -0.39 is 5.41 Å². The van der Waals surface area contributed by atoms with Crippen LogP contribution in [0.3, 0.4) is 0 Å². The zero-order valence-electron chi connectivity index (χ0n) is 25.4. The highest BCUT2D eigenvalue weighted by Crippen LogP contribution is 2.49. The van der Waals surface area contributed by atoms with Crippen LogP contribution in [0.2, 0.25) is 0 Å². The zero-order valence-corrected chi connectivity index (χ0v) is 25.4. The normalized spacial score (nSPS) is 23.1. The Hall–Kier alpha value is -4.18. The van der Waals surface area contributed by atoms with Crippen molar-refractivity contribution >= 4 is 11.8 Å². The highest BCUT2D eigenvalue weighted by Gasteiger charge is 2.54. The van der Waals surface area contributed by atoms with Crippen LogP contribution in [0.1, 0.15) is 67.7 Å². The van der Waals surface area contributed by atoms with Gasteiger partial charge >= 0.3 is 0 Å². The second-order valence-corrected chi connectivity index (χ2v) is 13.3. The summed E-state index contributed by atoms with van der Waals surface area (Å²) < 4.78 is 14.0. The first-order valence-electron chi connectivity index (χ1n) is 15.6. The van der Waals surface area contributed by atoms with E-state index in [1.54, 1.807) is 0 Å². The van der Waals surface area contributed by atoms with Crippen LogP contribution in [-0.4, -0.2) is 24.0 Å². The van der Waals surface area contributed by atoms with Crippen LogP contribution in [0.25, 0.3) is 0 Å². The quantitative estimate of drug-likeness (QED) is 0.238. The second-order valence-electron chi connectivity index (χ2n) is 13.3. The SMILES string of the molecule is Cc1cc(C)cc(CC(Cc2cc(C)cc(C)c2)(C2=N[C@H]3c4ccccc4C[C@H]3O2)C2=N[C@H]3c4ccccc4C[C@H]3O2)c1. The van der Waals surface area contributed by atoms with Gasteiger partial charge in [-0.3, -0.25) is 0 Å². The minimum absolute atomic E-state index is 0.00583. The van der Waals surface area contributed by atoms with Crippen LogP contribution in [0, 0.1) is 33.1 Å². The molecule has 0 amide bonds. The maximum atomic E-state index is 6.99. The number of aryl methyl sites for hydroxylation is 4. The Bertz CT molecular complexity index is 1640. The number of rotatable bonds is 6. The Labute approximate surface area is 254 Å². The molecule has 0 saturated carbocycles. The second kappa shape index (κ2) is 9.94. The maximum Gasteiger partial charge on any atom is 0.201 e. The molecule has 0 bridgehead atoms. The van der Waals surface area contributed by atoms with Gasteiger partial charge in [0.25, 0.3) is 0 Å². The van der Waals surface area contributed by atoms with Gasteiger partial charge in [-0.2, -0.15) is 0 Å². The van der Waals surface area contributed by atoms with E-state index in [0.717, 1.165) is 24.6 Å². The Balaban J connectivity index is 1.31. The first kappa shape index (κ1) is 26.4. The van der Waals surface area contributed by atoms with Gasteiger partial charge in [0.15, 0.2) is 0 Å². The Morgan fingerprint density at radius 2 is 0.977 bits per heavy atom. The lowest BCUT2D eigenvalue weighted by molar-refractivity contribution is 0.162. The topological polar surface area (TPSA) is 43.2 Å². The van der Waals surface area contributed by atoms with Crippen molar-refractivity contribution in [2.24, 2.45) is 15.4 Å². The van der Waals surface area contributed by atoms with E-state index in [4.69, 9.17) is 19.5 Å². The maximum absolute atomic E-state index is 6.99. The Morgan fingerprint density at radius 3 is 1.40 bits per heavy atom. The van der Waals surface area contributed by atoms with E-state index in [-0.39, 0.29) is 24.3 Å². The monoisotopic (exact) mass is 566 g/mol. The summed E-state index contributed by atoms with van der Waals surface area (Å²) in [5.74, 6) is 1.56. The van der Waals surface area contributed by atoms with Crippen LogP contribution < -0.4 is 0 Å². The molecule has 0 spiro atoms. The largest absolute Gasteiger partial charge is 0.474 e. The number of hydrogen-bond acceptors (Lipinski definition) is 4. The molecule has 4 aliphatic rings. The fraction of sp³-hybridized carbons (Fsp3) is 0.333. The molecule has 4 atom stereocenters. The van der Waals surface area contributed by atoms with Crippen molar-refractivity contribution in [2.75, 3.05) is 0 Å². The third-order valence-electron chi connectivity index (χ3n) is 9.73. The molecular weight excluding hydrogens is 528 g/mol. The van der Waals surface area contributed by atoms with Crippen molar-refractivity contribution in [2.45, 2.75) is 77.7 Å². The van der Waals surface area contributed by atoms with E-state index in [1.807, 2.05) is 0 Å². The van der Waals surface area contributed by atoms with E-state index >= 15 is 0 Å². The summed E-state index contributed by atoms with van der Waals surface area (Å²) in [5.41, 5.74) is 12.1. The molecule has 4 aromatic carbocycles. The summed E-state index contributed by atoms with van der Waals surface area (Å²) in [5, 5.41) is 0. The molecule has 0 radical (unpaired) electrons. The highest BCUT2D eigenvalue weighted by atomic mass is 16.5. The number of benzene rings is 4. The fourth-order valence-electron chi connectivity index (χ4n) is 8.16. The zero-order chi connectivity index (χ0) is 29.3. The molecule has 0 unspecified atom stereocenters. The Kier molecular flexibility index (Phi) is 6.11. The predicted octanol–water partition coefficient (Wildman–Crippen LogP) is 7.88. The molecule has 4 nitrogen and oxygen atoms in total. The molecule has 43 heavy (non-hydrogen) atoms. The smallest absolute Gasteiger partial charge is 0.201 e. The molecule has 216 valence electrons. The number of fused-ring (bicyclic) bond motifs is 6. The van der Waals surface area contributed by atoms with Crippen molar-refractivity contribution in [3.05, 3.63) is 141 Å². The van der Waals surface area contributed by atoms with Crippen LogP contribution in [-0.2, 0) is 35.2 Å². The number of nitrogens with zero attached hydrogens (tertiary/aromatic N) is 2. The first-order valence-corrected chi connectivity index (χ1v) is 15.6. The molecule has 0 saturated heterocycles. The average molecular weight is 567 g/mol. The lowest BCUT2D eigenvalue weighted by Gasteiger charge is -2.34. The van der Waals surface area contributed by atoms with Crippen molar-refractivity contribution < 1.29 is 9.47 Å². The molecule has 4 heteroatoms. The first-order chi connectivity index (χ1) is 20.8. The van der Waals surface area contributed by atoms with Crippen molar-refractivity contribution in [1.29, 1.82) is 0 Å². The molecule has 4 aromatic rings. The molecule has 2 aliphatic carbocycles. The van der Waals surface area contributed by atoms with Gasteiger partial charge in [-0.25, -0.2) is 9.98 Å². The van der Waals surface area contributed by atoms with Crippen molar-refractivity contribution in [3.63, 3.8) is 0 Å². The summed E-state index contributed by atoms with van der Waals surface area (Å²) in [6.45, 7) is 8.71. The van der Waals surface area contributed by atoms with E-state index in [1.165, 1.54) is 55.6 Å². The molecule has 0 N–H and O–H groups in total. The summed E-state index contributed by atoms with van der Waals surface area (Å²) >= 11 is 0. The third kappa shape index (κ3) is 4.50. The third-order valence-corrected chi connectivity index (χ3v) is 9.73. The lowest BCUT2D eigenvalue weighted by atomic mass is 9.75. The predicted molar refractivity (Wildman–Crippen MR) is 172 cm³/mol. The molecule has 0 aromatic heterocycles. The van der Waals surface area contributed by atoms with Gasteiger partial charge in [0.2, 0.25) is 11.8 Å². The summed E-state index contributed by atoms with van der Waals surface area (Å²) in [6.07, 6.45) is 3.19. The minimum atomic E-state index is -0.668. The minimum Gasteiger partial charge on any atom is -0.474 e. The molecule has 8 rings (SSSR count). The van der Waals surface area contributed by atoms with Crippen LogP contribution >= 0.6 is 0 Å². The van der Waals surface area contributed by atoms with Crippen LogP contribution in [0.5, 0.6) is 0 Å². The summed E-state index contributed by atoms with van der Waals surface area (Å²) in [6, 6.07) is 31.1. The molecule has 2 aliphatic heterocycles. The van der Waals surface area contributed by atoms with Gasteiger partial charge in [0.1, 0.15) is 29.7 Å². The van der Waals surface area contributed by atoms with Gasteiger partial charge in [-0.15, -0.1) is 0 Å². The number of aliphatic imine (C=N–C) groups is 2. The van der Waals surface area contributed by atoms with Gasteiger partial charge < -0.3 is 9.47 Å². The van der Waals surface area contributed by atoms with E-state index in [0.29, 0.717) is 12.8 Å². The van der Waals surface area contributed by atoms with Crippen LogP contribution in [0.4, 0.5) is 0 Å². The van der Waals surface area contributed by atoms with E-state index in [2.05, 4.69) is 113 Å². The highest BCUT2D eigenvalue weighted by molar-refractivity contribution is 6.07. The van der Waals surface area contributed by atoms with Gasteiger partial charge in [0, 0.05) is 12.8 Å². The molecule has 2 heterocycles. The molecule has 0 fully saturated rings. The molecular formula is C39H38N2O2. The summed E-state index contributed by atoms with van der Waals surface area (Å²) in [7, 11) is 0. The van der Waals surface area contributed by atoms with Crippen molar-refractivity contribution in [1.82, 2.24) is 0 Å². The van der Waals surface area contributed by atoms with E-state index in [9.17, 15) is 0 Å².